The number of para-hydroxylation sites is 1. The van der Waals surface area contributed by atoms with Gasteiger partial charge in [-0.25, -0.2) is 4.79 Å². The van der Waals surface area contributed by atoms with Gasteiger partial charge in [-0.2, -0.15) is 5.26 Å². The first-order chi connectivity index (χ1) is 12.6. The number of carbonyl (C=O) groups is 2. The second kappa shape index (κ2) is 9.08. The number of carbonyl (C=O) groups excluding carboxylic acids is 2. The largest absolute Gasteiger partial charge is 0.493 e. The minimum absolute atomic E-state index is 0.239. The minimum atomic E-state index is -0.516. The molecule has 0 aliphatic rings. The summed E-state index contributed by atoms with van der Waals surface area (Å²) in [5.41, 5.74) is 1.02. The first-order valence-corrected chi connectivity index (χ1v) is 7.86. The van der Waals surface area contributed by atoms with Crippen LogP contribution in [-0.2, 0) is 9.53 Å². The molecule has 7 heteroatoms. The second-order valence-electron chi connectivity index (χ2n) is 5.08. The van der Waals surface area contributed by atoms with Gasteiger partial charge in [0.25, 0.3) is 5.91 Å². The number of hydrogen-bond donors (Lipinski definition) is 1. The van der Waals surface area contributed by atoms with Gasteiger partial charge in [0.1, 0.15) is 0 Å². The Kier molecular flexibility index (Phi) is 6.57. The summed E-state index contributed by atoms with van der Waals surface area (Å²) in [6.45, 7) is 1.65. The maximum Gasteiger partial charge on any atom is 0.340 e. The van der Waals surface area contributed by atoms with Crippen molar-refractivity contribution in [3.63, 3.8) is 0 Å². The highest BCUT2D eigenvalue weighted by atomic mass is 16.5. The highest BCUT2D eigenvalue weighted by Gasteiger charge is 2.15. The van der Waals surface area contributed by atoms with Crippen LogP contribution in [0.1, 0.15) is 22.8 Å². The van der Waals surface area contributed by atoms with Crippen molar-refractivity contribution in [2.24, 2.45) is 0 Å². The van der Waals surface area contributed by atoms with Crippen LogP contribution >= 0.6 is 0 Å². The van der Waals surface area contributed by atoms with Crippen LogP contribution in [0.3, 0.4) is 0 Å². The van der Waals surface area contributed by atoms with E-state index in [4.69, 9.17) is 19.5 Å². The van der Waals surface area contributed by atoms with Gasteiger partial charge in [0.2, 0.25) is 0 Å². The summed E-state index contributed by atoms with van der Waals surface area (Å²) in [6.07, 6.45) is 0. The predicted octanol–water partition coefficient (Wildman–Crippen LogP) is 2.76. The second-order valence-corrected chi connectivity index (χ2v) is 5.08. The lowest BCUT2D eigenvalue weighted by molar-refractivity contribution is -0.118. The van der Waals surface area contributed by atoms with E-state index >= 15 is 0 Å². The molecule has 0 saturated carbocycles. The van der Waals surface area contributed by atoms with E-state index in [1.807, 2.05) is 6.07 Å². The molecule has 0 radical (unpaired) electrons. The molecule has 0 aliphatic heterocycles. The molecule has 26 heavy (non-hydrogen) atoms. The highest BCUT2D eigenvalue weighted by molar-refractivity contribution is 6.01. The number of hydrogen-bond acceptors (Lipinski definition) is 6. The third-order valence-corrected chi connectivity index (χ3v) is 3.35. The fraction of sp³-hybridized carbons (Fsp3) is 0.211. The lowest BCUT2D eigenvalue weighted by atomic mass is 10.2. The van der Waals surface area contributed by atoms with E-state index in [1.54, 1.807) is 43.3 Å². The molecule has 2 aromatic rings. The van der Waals surface area contributed by atoms with Crippen molar-refractivity contribution in [1.82, 2.24) is 0 Å². The number of ether oxygens (including phenoxy) is 3. The lowest BCUT2D eigenvalue weighted by Gasteiger charge is -2.12. The monoisotopic (exact) mass is 354 g/mol. The smallest absolute Gasteiger partial charge is 0.340 e. The molecule has 2 rings (SSSR count). The molecule has 0 atom stereocenters. The maximum atomic E-state index is 12.2. The van der Waals surface area contributed by atoms with Crippen molar-refractivity contribution in [3.8, 4) is 17.6 Å². The average Bonchev–Trinajstić information content (AvgIpc) is 2.66. The SMILES string of the molecule is CCOC(=O)c1ccccc1NC(=O)COc1ccc(C#N)cc1OC. The fourth-order valence-electron chi connectivity index (χ4n) is 2.16. The molecule has 0 spiro atoms. The standard InChI is InChI=1S/C19H18N2O5/c1-3-25-19(23)14-6-4-5-7-15(14)21-18(22)12-26-16-9-8-13(11-20)10-17(16)24-2/h4-10H,3,12H2,1-2H3,(H,21,22). The molecule has 0 fully saturated rings. The molecule has 7 nitrogen and oxygen atoms in total. The Bertz CT molecular complexity index is 842. The predicted molar refractivity (Wildman–Crippen MR) is 94.2 cm³/mol. The summed E-state index contributed by atoms with van der Waals surface area (Å²) in [4.78, 5) is 24.1. The van der Waals surface area contributed by atoms with Gasteiger partial charge in [-0.15, -0.1) is 0 Å². The quantitative estimate of drug-likeness (QED) is 0.768. The molecular formula is C19H18N2O5. The van der Waals surface area contributed by atoms with Crippen LogP contribution in [0.15, 0.2) is 42.5 Å². The third kappa shape index (κ3) is 4.74. The molecular weight excluding hydrogens is 336 g/mol. The molecule has 2 aromatic carbocycles. The van der Waals surface area contributed by atoms with Crippen LogP contribution in [0.25, 0.3) is 0 Å². The van der Waals surface area contributed by atoms with Crippen molar-refractivity contribution >= 4 is 17.6 Å². The van der Waals surface area contributed by atoms with E-state index in [0.29, 0.717) is 22.7 Å². The Morgan fingerprint density at radius 1 is 1.15 bits per heavy atom. The van der Waals surface area contributed by atoms with Crippen molar-refractivity contribution in [2.45, 2.75) is 6.92 Å². The zero-order valence-corrected chi connectivity index (χ0v) is 14.4. The van der Waals surface area contributed by atoms with Crippen molar-refractivity contribution in [3.05, 3.63) is 53.6 Å². The van der Waals surface area contributed by atoms with Crippen LogP contribution in [-0.4, -0.2) is 32.2 Å². The molecule has 0 aromatic heterocycles. The summed E-state index contributed by atoms with van der Waals surface area (Å²) in [6, 6.07) is 13.2. The van der Waals surface area contributed by atoms with Gasteiger partial charge in [0.15, 0.2) is 18.1 Å². The average molecular weight is 354 g/mol. The van der Waals surface area contributed by atoms with Crippen LogP contribution in [0.4, 0.5) is 5.69 Å². The topological polar surface area (TPSA) is 97.6 Å². The Labute approximate surface area is 151 Å². The van der Waals surface area contributed by atoms with Gasteiger partial charge in [-0.05, 0) is 31.2 Å². The van der Waals surface area contributed by atoms with Gasteiger partial charge in [-0.1, -0.05) is 12.1 Å². The van der Waals surface area contributed by atoms with E-state index in [2.05, 4.69) is 5.32 Å². The lowest BCUT2D eigenvalue weighted by Crippen LogP contribution is -2.22. The third-order valence-electron chi connectivity index (χ3n) is 3.35. The van der Waals surface area contributed by atoms with E-state index in [0.717, 1.165) is 0 Å². The van der Waals surface area contributed by atoms with E-state index in [-0.39, 0.29) is 18.8 Å². The molecule has 1 amide bonds. The van der Waals surface area contributed by atoms with Crippen LogP contribution in [0.5, 0.6) is 11.5 Å². The molecule has 1 N–H and O–H groups in total. The first-order valence-electron chi connectivity index (χ1n) is 7.86. The molecule has 0 saturated heterocycles. The van der Waals surface area contributed by atoms with Gasteiger partial charge in [0.05, 0.1) is 36.6 Å². The molecule has 0 bridgehead atoms. The first kappa shape index (κ1) is 18.8. The number of methoxy groups -OCH3 is 1. The zero-order chi connectivity index (χ0) is 18.9. The van der Waals surface area contributed by atoms with Gasteiger partial charge >= 0.3 is 5.97 Å². The number of nitrogens with zero attached hydrogens (tertiary/aromatic N) is 1. The normalized spacial score (nSPS) is 9.73. The van der Waals surface area contributed by atoms with Crippen LogP contribution in [0, 0.1) is 11.3 Å². The van der Waals surface area contributed by atoms with Gasteiger partial charge in [-0.3, -0.25) is 4.79 Å². The molecule has 0 heterocycles. The number of amides is 1. The summed E-state index contributed by atoms with van der Waals surface area (Å²) < 4.78 is 15.6. The van der Waals surface area contributed by atoms with Crippen molar-refractivity contribution in [1.29, 1.82) is 5.26 Å². The zero-order valence-electron chi connectivity index (χ0n) is 14.4. The minimum Gasteiger partial charge on any atom is -0.493 e. The van der Waals surface area contributed by atoms with Crippen molar-refractivity contribution < 1.29 is 23.8 Å². The Hall–Kier alpha value is -3.53. The molecule has 134 valence electrons. The Morgan fingerprint density at radius 2 is 1.92 bits per heavy atom. The number of anilines is 1. The van der Waals surface area contributed by atoms with Crippen molar-refractivity contribution in [2.75, 3.05) is 25.6 Å². The van der Waals surface area contributed by atoms with E-state index in [9.17, 15) is 9.59 Å². The summed E-state index contributed by atoms with van der Waals surface area (Å²) in [7, 11) is 1.44. The Balaban J connectivity index is 2.04. The molecule has 0 unspecified atom stereocenters. The summed E-state index contributed by atoms with van der Waals surface area (Å²) >= 11 is 0. The fourth-order valence-corrected chi connectivity index (χ4v) is 2.16. The number of nitrogens with one attached hydrogen (secondary N) is 1. The van der Waals surface area contributed by atoms with E-state index < -0.39 is 11.9 Å². The van der Waals surface area contributed by atoms with Crippen LogP contribution in [0.2, 0.25) is 0 Å². The number of esters is 1. The number of nitriles is 1. The van der Waals surface area contributed by atoms with Gasteiger partial charge < -0.3 is 19.5 Å². The summed E-state index contributed by atoms with van der Waals surface area (Å²) in [5, 5.41) is 11.5. The maximum absolute atomic E-state index is 12.2. The van der Waals surface area contributed by atoms with E-state index in [1.165, 1.54) is 13.2 Å². The Morgan fingerprint density at radius 3 is 2.62 bits per heavy atom. The number of rotatable bonds is 7. The number of benzene rings is 2. The molecule has 0 aliphatic carbocycles. The summed E-state index contributed by atoms with van der Waals surface area (Å²) in [5.74, 6) is -0.282. The van der Waals surface area contributed by atoms with Crippen LogP contribution < -0.4 is 14.8 Å². The van der Waals surface area contributed by atoms with Gasteiger partial charge in [0, 0.05) is 6.07 Å². The highest BCUT2D eigenvalue weighted by Crippen LogP contribution is 2.27.